The number of aromatic nitrogens is 2. The molecule has 0 radical (unpaired) electrons. The van der Waals surface area contributed by atoms with Gasteiger partial charge in [0.25, 0.3) is 5.91 Å². The van der Waals surface area contributed by atoms with E-state index in [1.807, 2.05) is 51.1 Å². The van der Waals surface area contributed by atoms with Gasteiger partial charge in [-0.2, -0.15) is 5.10 Å². The molecule has 0 spiro atoms. The van der Waals surface area contributed by atoms with Crippen LogP contribution < -0.4 is 29.6 Å². The SMILES string of the molecule is CC(C)c1c(C(=O)N(C)[C@H](C)c2ccccc2)nn(-c2ccc(F)cc2)c1CC[C@@H](O)C[C@@H](O)CC(=O)O.[H-].[Na+]. The Morgan fingerprint density at radius 3 is 2.21 bits per heavy atom. The van der Waals surface area contributed by atoms with Crippen LogP contribution in [0, 0.1) is 5.82 Å². The van der Waals surface area contributed by atoms with Crippen LogP contribution in [-0.2, 0) is 11.2 Å². The summed E-state index contributed by atoms with van der Waals surface area (Å²) in [4.78, 5) is 26.3. The number of halogens is 1. The molecule has 1 heterocycles. The van der Waals surface area contributed by atoms with Gasteiger partial charge in [0, 0.05) is 18.3 Å². The number of hydrogen-bond acceptors (Lipinski definition) is 5. The Morgan fingerprint density at radius 1 is 1.03 bits per heavy atom. The van der Waals surface area contributed by atoms with Crippen molar-refractivity contribution in [3.63, 3.8) is 0 Å². The topological polar surface area (TPSA) is 116 Å². The Hall–Kier alpha value is -2.56. The number of carboxylic acid groups (broad SMARTS) is 1. The van der Waals surface area contributed by atoms with Crippen LogP contribution in [0.25, 0.3) is 5.69 Å². The first-order valence-corrected chi connectivity index (χ1v) is 12.8. The second kappa shape index (κ2) is 14.7. The second-order valence-corrected chi connectivity index (χ2v) is 9.93. The summed E-state index contributed by atoms with van der Waals surface area (Å²) >= 11 is 0. The number of carbonyl (C=O) groups excluding carboxylic acids is 1. The van der Waals surface area contributed by atoms with Crippen LogP contribution >= 0.6 is 0 Å². The van der Waals surface area contributed by atoms with Gasteiger partial charge in [-0.05, 0) is 61.9 Å². The second-order valence-electron chi connectivity index (χ2n) is 9.93. The number of aliphatic hydroxyl groups is 2. The van der Waals surface area contributed by atoms with Gasteiger partial charge in [-0.1, -0.05) is 44.2 Å². The fourth-order valence-corrected chi connectivity index (χ4v) is 4.58. The minimum atomic E-state index is -1.17. The smallest absolute Gasteiger partial charge is 1.00 e. The number of benzene rings is 2. The Labute approximate surface area is 252 Å². The number of carboxylic acids is 1. The van der Waals surface area contributed by atoms with Crippen LogP contribution in [0.5, 0.6) is 0 Å². The van der Waals surface area contributed by atoms with E-state index in [1.165, 1.54) is 12.1 Å². The number of aliphatic carboxylic acids is 1. The number of hydrogen-bond donors (Lipinski definition) is 3. The van der Waals surface area contributed by atoms with E-state index in [0.29, 0.717) is 17.8 Å². The third-order valence-corrected chi connectivity index (χ3v) is 6.72. The summed E-state index contributed by atoms with van der Waals surface area (Å²) < 4.78 is 15.3. The van der Waals surface area contributed by atoms with Crippen molar-refractivity contribution in [3.05, 3.63) is 82.9 Å². The molecule has 3 atom stereocenters. The molecule has 3 aromatic rings. The van der Waals surface area contributed by atoms with Crippen molar-refractivity contribution in [1.82, 2.24) is 14.7 Å². The zero-order valence-corrected chi connectivity index (χ0v) is 25.2. The summed E-state index contributed by atoms with van der Waals surface area (Å²) in [6.07, 6.45) is -2.14. The van der Waals surface area contributed by atoms with Gasteiger partial charge in [-0.3, -0.25) is 9.59 Å². The van der Waals surface area contributed by atoms with E-state index in [-0.39, 0.29) is 67.4 Å². The van der Waals surface area contributed by atoms with Gasteiger partial charge < -0.3 is 21.6 Å². The Morgan fingerprint density at radius 2 is 1.64 bits per heavy atom. The molecule has 0 aliphatic carbocycles. The average Bonchev–Trinajstić information content (AvgIpc) is 3.26. The number of carbonyl (C=O) groups is 2. The largest absolute Gasteiger partial charge is 1.00 e. The molecule has 0 bridgehead atoms. The third-order valence-electron chi connectivity index (χ3n) is 6.72. The molecule has 0 saturated heterocycles. The summed E-state index contributed by atoms with van der Waals surface area (Å²) in [6.45, 7) is 5.86. The molecular weight excluding hydrogens is 512 g/mol. The van der Waals surface area contributed by atoms with Crippen LogP contribution in [0.3, 0.4) is 0 Å². The molecular formula is C29H37FN3NaO5. The maximum Gasteiger partial charge on any atom is 1.00 e. The van der Waals surface area contributed by atoms with E-state index in [4.69, 9.17) is 10.2 Å². The number of nitrogens with zero attached hydrogens (tertiary/aromatic N) is 3. The number of amides is 1. The maximum atomic E-state index is 13.8. The quantitative estimate of drug-likeness (QED) is 0.296. The normalized spacial score (nSPS) is 13.4. The van der Waals surface area contributed by atoms with E-state index >= 15 is 0 Å². The Kier molecular flexibility index (Phi) is 12.3. The Bertz CT molecular complexity index is 1240. The first-order chi connectivity index (χ1) is 18.0. The fraction of sp³-hybridized carbons (Fsp3) is 0.414. The minimum Gasteiger partial charge on any atom is -1.00 e. The van der Waals surface area contributed by atoms with Gasteiger partial charge in [0.1, 0.15) is 5.82 Å². The maximum absolute atomic E-state index is 13.8. The standard InChI is InChI=1S/C29H36FN3O5.Na.H/c1-18(2)27-25(15-14-23(34)16-24(35)17-26(36)37)33(22-12-10-21(30)11-13-22)31-28(27)29(38)32(4)19(3)20-8-6-5-7-9-20;;/h5-13,18-19,23-24,34-35H,14-17H2,1-4H3,(H,36,37);;/q;+1;-1/t19-,23-,24-;;/m1../s1. The van der Waals surface area contributed by atoms with Crippen molar-refractivity contribution < 1.29 is 60.3 Å². The van der Waals surface area contributed by atoms with Gasteiger partial charge in [0.05, 0.1) is 30.4 Å². The third kappa shape index (κ3) is 8.46. The zero-order valence-electron chi connectivity index (χ0n) is 24.2. The molecule has 1 aromatic heterocycles. The van der Waals surface area contributed by atoms with Crippen LogP contribution in [0.4, 0.5) is 4.39 Å². The van der Waals surface area contributed by atoms with Crippen LogP contribution in [0.2, 0.25) is 0 Å². The van der Waals surface area contributed by atoms with E-state index in [0.717, 1.165) is 11.1 Å². The first kappa shape index (κ1) is 32.7. The van der Waals surface area contributed by atoms with E-state index in [2.05, 4.69) is 0 Å². The molecule has 0 fully saturated rings. The summed E-state index contributed by atoms with van der Waals surface area (Å²) in [5.41, 5.74) is 3.26. The van der Waals surface area contributed by atoms with Gasteiger partial charge in [0.15, 0.2) is 5.69 Å². The summed E-state index contributed by atoms with van der Waals surface area (Å²) in [7, 11) is 1.73. The zero-order chi connectivity index (χ0) is 28.0. The fourth-order valence-electron chi connectivity index (χ4n) is 4.58. The van der Waals surface area contributed by atoms with Crippen molar-refractivity contribution in [3.8, 4) is 5.69 Å². The van der Waals surface area contributed by atoms with Crippen molar-refractivity contribution >= 4 is 11.9 Å². The van der Waals surface area contributed by atoms with Crippen molar-refractivity contribution in [2.75, 3.05) is 7.05 Å². The van der Waals surface area contributed by atoms with Crippen LogP contribution in [0.1, 0.15) is 80.7 Å². The monoisotopic (exact) mass is 549 g/mol. The molecule has 3 N–H and O–H groups in total. The predicted molar refractivity (Wildman–Crippen MR) is 143 cm³/mol. The average molecular weight is 550 g/mol. The van der Waals surface area contributed by atoms with Gasteiger partial charge in [0.2, 0.25) is 0 Å². The van der Waals surface area contributed by atoms with Crippen LogP contribution in [-0.4, -0.2) is 61.1 Å². The molecule has 2 aromatic carbocycles. The molecule has 1 amide bonds. The van der Waals surface area contributed by atoms with Gasteiger partial charge in [-0.25, -0.2) is 9.07 Å². The van der Waals surface area contributed by atoms with Crippen molar-refractivity contribution in [1.29, 1.82) is 0 Å². The summed E-state index contributed by atoms with van der Waals surface area (Å²) in [6, 6.07) is 15.3. The van der Waals surface area contributed by atoms with Gasteiger partial charge in [-0.15, -0.1) is 0 Å². The van der Waals surface area contributed by atoms with Crippen LogP contribution in [0.15, 0.2) is 54.6 Å². The van der Waals surface area contributed by atoms with E-state index in [9.17, 15) is 24.2 Å². The first-order valence-electron chi connectivity index (χ1n) is 12.8. The molecule has 3 rings (SSSR count). The molecule has 0 aliphatic rings. The molecule has 0 aliphatic heterocycles. The van der Waals surface area contributed by atoms with E-state index < -0.39 is 30.4 Å². The molecule has 0 unspecified atom stereocenters. The molecule has 206 valence electrons. The molecule has 0 saturated carbocycles. The minimum absolute atomic E-state index is 0. The predicted octanol–water partition coefficient (Wildman–Crippen LogP) is 1.60. The van der Waals surface area contributed by atoms with E-state index in [1.54, 1.807) is 28.8 Å². The summed E-state index contributed by atoms with van der Waals surface area (Å²) in [5.74, 6) is -1.89. The number of aliphatic hydroxyl groups excluding tert-OH is 2. The van der Waals surface area contributed by atoms with Gasteiger partial charge >= 0.3 is 35.5 Å². The van der Waals surface area contributed by atoms with Crippen molar-refractivity contribution in [2.24, 2.45) is 0 Å². The molecule has 39 heavy (non-hydrogen) atoms. The molecule has 10 heteroatoms. The van der Waals surface area contributed by atoms with Crippen molar-refractivity contribution in [2.45, 2.75) is 70.6 Å². The number of rotatable bonds is 12. The Balaban J connectivity index is 0.00000400. The summed E-state index contributed by atoms with van der Waals surface area (Å²) in [5, 5.41) is 34.0. The molecule has 8 nitrogen and oxygen atoms in total.